The molecule has 11 heterocycles. The first kappa shape index (κ1) is 86.0. The summed E-state index contributed by atoms with van der Waals surface area (Å²) in [5.74, 6) is -1.71. The summed E-state index contributed by atoms with van der Waals surface area (Å²) in [5.41, 5.74) is 0.389. The number of piperidine rings is 1. The first-order valence-electron chi connectivity index (χ1n) is 39.6. The van der Waals surface area contributed by atoms with Gasteiger partial charge in [0.05, 0.1) is 79.0 Å². The van der Waals surface area contributed by atoms with Crippen LogP contribution in [0.1, 0.15) is 117 Å². The molecular formula is C82H105Cl2N6O24PPt. The number of alkyl halides is 2. The van der Waals surface area contributed by atoms with Crippen LogP contribution in [0, 0.1) is 23.2 Å². The molecule has 7 fully saturated rings. The van der Waals surface area contributed by atoms with Crippen molar-refractivity contribution in [3.63, 3.8) is 0 Å². The molecule has 116 heavy (non-hydrogen) atoms. The summed E-state index contributed by atoms with van der Waals surface area (Å²) in [4.78, 5) is 66.5. The second-order valence-corrected chi connectivity index (χ2v) is 35.1. The molecule has 0 radical (unpaired) electrons. The first-order chi connectivity index (χ1) is 55.2. The van der Waals surface area contributed by atoms with Crippen LogP contribution in [0.4, 0.5) is 5.69 Å². The van der Waals surface area contributed by atoms with E-state index >= 15 is 4.79 Å². The van der Waals surface area contributed by atoms with E-state index in [1.165, 1.54) is 35.4 Å². The minimum atomic E-state index is -2.84. The van der Waals surface area contributed by atoms with Crippen LogP contribution in [-0.2, 0) is 104 Å². The third kappa shape index (κ3) is 14.2. The van der Waals surface area contributed by atoms with E-state index in [-0.39, 0.29) is 70.3 Å². The normalized spacial score (nSPS) is 35.5. The number of likely N-dealkylation sites (N-methyl/N-ethyl adjacent to an activating group) is 1. The topological polar surface area (TPSA) is 356 Å². The van der Waals surface area contributed by atoms with Crippen molar-refractivity contribution in [1.29, 1.82) is 0 Å². The number of aliphatic hydroxyl groups excluding tert-OH is 2. The summed E-state index contributed by atoms with van der Waals surface area (Å²) in [6.45, 7) is 12.9. The fourth-order valence-corrected chi connectivity index (χ4v) is 24.1. The second-order valence-electron chi connectivity index (χ2n) is 32.1. The molecule has 1 spiro atoms. The zero-order chi connectivity index (χ0) is 81.6. The van der Waals surface area contributed by atoms with Crippen molar-refractivity contribution in [2.45, 2.75) is 162 Å². The fourth-order valence-electron chi connectivity index (χ4n) is 21.6. The number of para-hydroxylation sites is 1. The summed E-state index contributed by atoms with van der Waals surface area (Å²) in [6.07, 6.45) is 0.0398. The van der Waals surface area contributed by atoms with Gasteiger partial charge in [0.25, 0.3) is 0 Å². The Labute approximate surface area is 697 Å². The molecule has 5 aromatic rings. The number of ether oxygens (including phenoxy) is 13. The maximum Gasteiger partial charge on any atom is 0.344 e. The number of halogens is 2. The standard InChI is InChI=1S/C46H58N4O9.C29H32O13.C7H15Cl2N2O2P.Pt/c1-8-42(54)23-28-24-45(40(52)57-6,36-30(15-19-49(25-28)26-42)29-13-10-11-14-33(29)47-36)32-21-31-34(22-35(32)56-5)48(4)38-44(31)17-20-50-18-12-16-43(9-2,37(44)50)39(59-27(3)51)46(38,55)41(53)58-7;1-11-36-9-20-27(40-11)24(31)25(32)29(41-20)42-26-14-7-17-16(38-10-39-17)6-13(14)21(22-15(26)8-37-28(22)33)12-4-18(34-2)23(30)19(5-12)35-3;8-2-4-10-14(12)11(6-3-9)5-1-7-13-14;/h10-14,16,21-22,28,37-39,47,54-55H,8-9,15,17-20,23-26H2,1-7H3;4-7,11,15,20-22,24-27,29-32H,8-10H2,1-3H3;1-7H2,(H,10,12);/t28-,37+,38-,39-,42+,43-,44-,45+,46+;11-,15+,20-,21-,22+,24-,25-,26-,27-,29+;;/m11../s1. The Morgan fingerprint density at radius 2 is 1.55 bits per heavy atom. The van der Waals surface area contributed by atoms with Crippen molar-refractivity contribution in [3.05, 3.63) is 112 Å². The van der Waals surface area contributed by atoms with Gasteiger partial charge in [-0.25, -0.2) is 14.6 Å². The number of carbonyl (C=O) groups is 4. The Hall–Kier alpha value is -6.38. The molecular weight excluding hydrogens is 1750 g/mol. The van der Waals surface area contributed by atoms with Crippen LogP contribution in [0.5, 0.6) is 34.5 Å². The minimum absolute atomic E-state index is 0. The molecule has 2 unspecified atom stereocenters. The molecule has 6 saturated heterocycles. The number of aromatic amines is 1. The molecule has 10 aliphatic heterocycles. The first-order valence-corrected chi connectivity index (χ1v) is 42.2. The van der Waals surface area contributed by atoms with E-state index in [1.54, 1.807) is 43.0 Å². The summed E-state index contributed by atoms with van der Waals surface area (Å²) >= 11 is 11.1. The Bertz CT molecular complexity index is 4580. The number of aromatic nitrogens is 1. The largest absolute Gasteiger partial charge is 0.502 e. The third-order valence-electron chi connectivity index (χ3n) is 26.3. The summed E-state index contributed by atoms with van der Waals surface area (Å²) < 4.78 is 94.7. The van der Waals surface area contributed by atoms with E-state index in [0.717, 1.165) is 46.4 Å². The van der Waals surface area contributed by atoms with Gasteiger partial charge in [-0.15, -0.1) is 23.2 Å². The van der Waals surface area contributed by atoms with Crippen LogP contribution in [-0.4, -0.2) is 269 Å². The molecule has 30 nitrogen and oxygen atoms in total. The smallest absolute Gasteiger partial charge is 0.344 e. The van der Waals surface area contributed by atoms with Gasteiger partial charge in [0.2, 0.25) is 18.1 Å². The molecule has 7 N–H and O–H groups in total. The number of fused-ring (bicyclic) bond motifs is 10. The third-order valence-corrected chi connectivity index (χ3v) is 29.0. The monoisotopic (exact) mass is 1850 g/mol. The number of rotatable bonds is 17. The zero-order valence-corrected chi connectivity index (χ0v) is 71.3. The van der Waals surface area contributed by atoms with Gasteiger partial charge < -0.3 is 102 Å². The van der Waals surface area contributed by atoms with Crippen molar-refractivity contribution in [2.75, 3.05) is 138 Å². The van der Waals surface area contributed by atoms with Gasteiger partial charge in [0.1, 0.15) is 35.6 Å². The van der Waals surface area contributed by atoms with Gasteiger partial charge in [0.15, 0.2) is 41.7 Å². The van der Waals surface area contributed by atoms with Crippen molar-refractivity contribution < 1.29 is 136 Å². The average molecular weight is 1860 g/mol. The Morgan fingerprint density at radius 1 is 0.828 bits per heavy atom. The van der Waals surface area contributed by atoms with Crippen molar-refractivity contribution in [1.82, 2.24) is 24.5 Å². The maximum atomic E-state index is 15.3. The van der Waals surface area contributed by atoms with Crippen molar-refractivity contribution in [3.8, 4) is 34.5 Å². The number of hydrogen-bond donors (Lipinski definition) is 7. The molecule has 1 saturated carbocycles. The number of carbonyl (C=O) groups excluding carboxylic acids is 4. The summed E-state index contributed by atoms with van der Waals surface area (Å²) in [6, 6.07) is 17.9. The second kappa shape index (κ2) is 33.9. The van der Waals surface area contributed by atoms with Crippen LogP contribution in [0.3, 0.4) is 0 Å². The summed E-state index contributed by atoms with van der Waals surface area (Å²) in [7, 11) is 6.17. The number of H-pyrrole nitrogens is 1. The maximum absolute atomic E-state index is 15.3. The molecule has 2 bridgehead atoms. The van der Waals surface area contributed by atoms with E-state index in [1.807, 2.05) is 50.1 Å². The number of nitrogens with zero attached hydrogens (tertiary/aromatic N) is 4. The van der Waals surface area contributed by atoms with Crippen LogP contribution < -0.4 is 33.7 Å². The van der Waals surface area contributed by atoms with Gasteiger partial charge in [-0.2, -0.15) is 0 Å². The zero-order valence-electron chi connectivity index (χ0n) is 66.7. The van der Waals surface area contributed by atoms with Crippen LogP contribution in [0.15, 0.2) is 72.8 Å². The molecule has 4 aromatic carbocycles. The predicted molar refractivity (Wildman–Crippen MR) is 418 cm³/mol. The quantitative estimate of drug-likeness (QED) is 0.0159. The van der Waals surface area contributed by atoms with E-state index in [2.05, 4.69) is 44.2 Å². The van der Waals surface area contributed by atoms with Gasteiger partial charge in [-0.3, -0.25) is 28.7 Å². The minimum Gasteiger partial charge on any atom is -0.502 e. The average Bonchev–Trinajstić information content (AvgIpc) is 1.48. The van der Waals surface area contributed by atoms with Gasteiger partial charge in [0, 0.05) is 155 Å². The molecule has 636 valence electrons. The number of methoxy groups -OCH3 is 5. The van der Waals surface area contributed by atoms with Crippen molar-refractivity contribution >= 4 is 71.3 Å². The number of aliphatic hydroxyl groups is 4. The van der Waals surface area contributed by atoms with E-state index in [0.29, 0.717) is 142 Å². The SMILES string of the molecule is CC[C@]1(O)C[C@H]2CN(CCc3c([nH]c4ccccc34)[C@@](C(=O)OC)(c3cc4c(cc3OC)N(C)[C@H]3[C@@](O)(C(=O)OC)[C@H](OC(C)=O)[C@]5(CC)C=CCN6CC[C@]43[C@@H]65)C2)C1.COc1cc([C@@H]2c3cc4c(cc3[C@@H](O[C@@H]3O[C@@H]5CO[C@@H](C)O[C@H]5[C@H](O)[C@H]3O)[C@H]3COC(=O)[C@H]23)OCO4)cc(OC)c1O.O=P1(NCCCl)OCCCN1CCCl.[Pt]. The van der Waals surface area contributed by atoms with Crippen molar-refractivity contribution in [2.24, 2.45) is 23.2 Å². The van der Waals surface area contributed by atoms with Gasteiger partial charge in [-0.1, -0.05) is 44.2 Å². The van der Waals surface area contributed by atoms with E-state index in [4.69, 9.17) is 89.3 Å². The Kier molecular flexibility index (Phi) is 25.1. The Morgan fingerprint density at radius 3 is 2.23 bits per heavy atom. The number of phenols is 1. The number of cyclic esters (lactones) is 1. The number of hydrogen-bond acceptors (Lipinski definition) is 27. The number of phenolic OH excluding ortho intramolecular Hbond substituents is 1. The molecule has 2 aliphatic carbocycles. The molecule has 21 atom stereocenters. The van der Waals surface area contributed by atoms with Gasteiger partial charge in [-0.05, 0) is 129 Å². The van der Waals surface area contributed by atoms with Gasteiger partial charge >= 0.3 is 31.5 Å². The van der Waals surface area contributed by atoms with E-state index in [9.17, 15) is 44.5 Å². The fraction of sp³-hybridized carbons (Fsp3) is 0.610. The van der Waals surface area contributed by atoms with E-state index < -0.39 is 132 Å². The van der Waals surface area contributed by atoms with Crippen LogP contribution in [0.25, 0.3) is 10.9 Å². The van der Waals surface area contributed by atoms with Crippen LogP contribution in [0.2, 0.25) is 0 Å². The predicted octanol–water partition coefficient (Wildman–Crippen LogP) is 7.21. The number of esters is 4. The number of benzene rings is 4. The molecule has 34 heteroatoms. The molecule has 17 rings (SSSR count). The molecule has 0 amide bonds. The Balaban J connectivity index is 0.000000169. The molecule has 1 aromatic heterocycles. The molecule has 12 aliphatic rings. The number of anilines is 1. The number of nitrogens with one attached hydrogen (secondary N) is 2. The van der Waals surface area contributed by atoms with Crippen LogP contribution >= 0.6 is 30.9 Å². The summed E-state index contributed by atoms with van der Waals surface area (Å²) in [5, 5.41) is 61.7. The number of aromatic hydroxyl groups is 1.